The predicted octanol–water partition coefficient (Wildman–Crippen LogP) is 3.92. The zero-order valence-electron chi connectivity index (χ0n) is 12.0. The third kappa shape index (κ3) is 7.42. The molecule has 6 heteroatoms. The SMILES string of the molecule is CN=C(NCCC(C)C)NCc1cc(Br)ccc1F.I. The second-order valence-corrected chi connectivity index (χ2v) is 5.69. The highest BCUT2D eigenvalue weighted by atomic mass is 127. The van der Waals surface area contributed by atoms with Crippen LogP contribution in [0.25, 0.3) is 0 Å². The van der Waals surface area contributed by atoms with Crippen LogP contribution in [0.2, 0.25) is 0 Å². The van der Waals surface area contributed by atoms with Gasteiger partial charge < -0.3 is 10.6 Å². The first-order valence-corrected chi connectivity index (χ1v) is 7.20. The zero-order valence-corrected chi connectivity index (χ0v) is 16.0. The normalized spacial score (nSPS) is 11.2. The van der Waals surface area contributed by atoms with Gasteiger partial charge in [-0.05, 0) is 30.5 Å². The van der Waals surface area contributed by atoms with Crippen LogP contribution in [0, 0.1) is 11.7 Å². The lowest BCUT2D eigenvalue weighted by molar-refractivity contribution is 0.572. The first-order chi connectivity index (χ1) is 9.02. The number of hydrogen-bond acceptors (Lipinski definition) is 1. The lowest BCUT2D eigenvalue weighted by atomic mass is 10.1. The molecule has 0 spiro atoms. The van der Waals surface area contributed by atoms with Crippen LogP contribution in [-0.4, -0.2) is 19.6 Å². The number of halogens is 3. The van der Waals surface area contributed by atoms with E-state index in [1.165, 1.54) is 6.07 Å². The van der Waals surface area contributed by atoms with Crippen LogP contribution in [0.4, 0.5) is 4.39 Å². The van der Waals surface area contributed by atoms with E-state index in [0.717, 1.165) is 17.4 Å². The molecule has 1 aromatic rings. The number of guanidine groups is 1. The molecule has 2 N–H and O–H groups in total. The fraction of sp³-hybridized carbons (Fsp3) is 0.500. The average Bonchev–Trinajstić information content (AvgIpc) is 2.37. The summed E-state index contributed by atoms with van der Waals surface area (Å²) >= 11 is 3.34. The van der Waals surface area contributed by atoms with Crippen molar-refractivity contribution < 1.29 is 4.39 Å². The van der Waals surface area contributed by atoms with E-state index in [-0.39, 0.29) is 29.8 Å². The van der Waals surface area contributed by atoms with Gasteiger partial charge in [-0.15, -0.1) is 24.0 Å². The van der Waals surface area contributed by atoms with E-state index in [1.54, 1.807) is 19.2 Å². The summed E-state index contributed by atoms with van der Waals surface area (Å²) < 4.78 is 14.4. The van der Waals surface area contributed by atoms with E-state index in [4.69, 9.17) is 0 Å². The first-order valence-electron chi connectivity index (χ1n) is 6.41. The number of aliphatic imine (C=N–C) groups is 1. The van der Waals surface area contributed by atoms with Gasteiger partial charge in [-0.2, -0.15) is 0 Å². The Balaban J connectivity index is 0.00000361. The van der Waals surface area contributed by atoms with E-state index in [9.17, 15) is 4.39 Å². The molecule has 0 atom stereocenters. The molecule has 1 rings (SSSR count). The van der Waals surface area contributed by atoms with Crippen molar-refractivity contribution in [3.8, 4) is 0 Å². The summed E-state index contributed by atoms with van der Waals surface area (Å²) in [6, 6.07) is 4.91. The molecule has 0 amide bonds. The van der Waals surface area contributed by atoms with Gasteiger partial charge in [-0.25, -0.2) is 4.39 Å². The third-order valence-electron chi connectivity index (χ3n) is 2.69. The predicted molar refractivity (Wildman–Crippen MR) is 97.2 cm³/mol. The van der Waals surface area contributed by atoms with Crippen molar-refractivity contribution in [1.82, 2.24) is 10.6 Å². The Labute approximate surface area is 146 Å². The molecule has 0 radical (unpaired) electrons. The van der Waals surface area contributed by atoms with Gasteiger partial charge in [0.2, 0.25) is 0 Å². The van der Waals surface area contributed by atoms with Gasteiger partial charge in [-0.3, -0.25) is 4.99 Å². The minimum Gasteiger partial charge on any atom is -0.356 e. The van der Waals surface area contributed by atoms with E-state index < -0.39 is 0 Å². The molecule has 0 aromatic heterocycles. The smallest absolute Gasteiger partial charge is 0.191 e. The molecule has 3 nitrogen and oxygen atoms in total. The number of nitrogens with one attached hydrogen (secondary N) is 2. The Morgan fingerprint density at radius 2 is 2.05 bits per heavy atom. The van der Waals surface area contributed by atoms with Crippen molar-refractivity contribution in [2.24, 2.45) is 10.9 Å². The van der Waals surface area contributed by atoms with Crippen molar-refractivity contribution in [2.45, 2.75) is 26.8 Å². The van der Waals surface area contributed by atoms with Gasteiger partial charge in [0.15, 0.2) is 5.96 Å². The Morgan fingerprint density at radius 1 is 1.35 bits per heavy atom. The van der Waals surface area contributed by atoms with E-state index in [0.29, 0.717) is 24.0 Å². The summed E-state index contributed by atoms with van der Waals surface area (Å²) in [5, 5.41) is 6.32. The summed E-state index contributed by atoms with van der Waals surface area (Å²) in [4.78, 5) is 4.11. The standard InChI is InChI=1S/C14H21BrFN3.HI/c1-10(2)6-7-18-14(17-3)19-9-11-8-12(15)4-5-13(11)16;/h4-5,8,10H,6-7,9H2,1-3H3,(H2,17,18,19);1H. The van der Waals surface area contributed by atoms with Gasteiger partial charge in [0, 0.05) is 30.2 Å². The molecule has 0 fully saturated rings. The monoisotopic (exact) mass is 457 g/mol. The van der Waals surface area contributed by atoms with Crippen LogP contribution in [0.3, 0.4) is 0 Å². The molecule has 114 valence electrons. The van der Waals surface area contributed by atoms with Crippen molar-refractivity contribution in [1.29, 1.82) is 0 Å². The fourth-order valence-electron chi connectivity index (χ4n) is 1.56. The molecule has 0 aliphatic heterocycles. The van der Waals surface area contributed by atoms with E-state index in [1.807, 2.05) is 0 Å². The maximum Gasteiger partial charge on any atom is 0.191 e. The maximum atomic E-state index is 13.6. The quantitative estimate of drug-likeness (QED) is 0.399. The lowest BCUT2D eigenvalue weighted by Gasteiger charge is -2.13. The van der Waals surface area contributed by atoms with Crippen LogP contribution in [-0.2, 0) is 6.54 Å². The summed E-state index contributed by atoms with van der Waals surface area (Å²) in [5.41, 5.74) is 0.612. The number of hydrogen-bond donors (Lipinski definition) is 2. The van der Waals surface area contributed by atoms with Crippen LogP contribution >= 0.6 is 39.9 Å². The molecule has 0 unspecified atom stereocenters. The third-order valence-corrected chi connectivity index (χ3v) is 3.19. The highest BCUT2D eigenvalue weighted by Gasteiger charge is 2.04. The van der Waals surface area contributed by atoms with Crippen LogP contribution in [0.1, 0.15) is 25.8 Å². The molecule has 0 saturated heterocycles. The van der Waals surface area contributed by atoms with Gasteiger partial charge in [-0.1, -0.05) is 29.8 Å². The fourth-order valence-corrected chi connectivity index (χ4v) is 1.97. The average molecular weight is 458 g/mol. The van der Waals surface area contributed by atoms with Crippen molar-refractivity contribution in [2.75, 3.05) is 13.6 Å². The molecule has 20 heavy (non-hydrogen) atoms. The van der Waals surface area contributed by atoms with E-state index >= 15 is 0 Å². The van der Waals surface area contributed by atoms with Gasteiger partial charge >= 0.3 is 0 Å². The number of rotatable bonds is 5. The molecule has 0 aliphatic carbocycles. The minimum absolute atomic E-state index is 0. The lowest BCUT2D eigenvalue weighted by Crippen LogP contribution is -2.37. The largest absolute Gasteiger partial charge is 0.356 e. The second kappa shape index (κ2) is 10.4. The Hall–Kier alpha value is -0.370. The minimum atomic E-state index is -0.215. The number of benzene rings is 1. The Kier molecular flexibility index (Phi) is 10.2. The Bertz CT molecular complexity index is 438. The van der Waals surface area contributed by atoms with Gasteiger partial charge in [0.1, 0.15) is 5.82 Å². The van der Waals surface area contributed by atoms with Crippen molar-refractivity contribution in [3.63, 3.8) is 0 Å². The molecular formula is C14H22BrFIN3. The maximum absolute atomic E-state index is 13.6. The molecule has 0 bridgehead atoms. The Morgan fingerprint density at radius 3 is 2.65 bits per heavy atom. The highest BCUT2D eigenvalue weighted by molar-refractivity contribution is 14.0. The summed E-state index contributed by atoms with van der Waals surface area (Å²) in [6.07, 6.45) is 1.08. The van der Waals surface area contributed by atoms with Crippen molar-refractivity contribution >= 4 is 45.9 Å². The van der Waals surface area contributed by atoms with Gasteiger partial charge in [0.25, 0.3) is 0 Å². The highest BCUT2D eigenvalue weighted by Crippen LogP contribution is 2.15. The molecular weight excluding hydrogens is 436 g/mol. The van der Waals surface area contributed by atoms with Crippen LogP contribution < -0.4 is 10.6 Å². The summed E-state index contributed by atoms with van der Waals surface area (Å²) in [7, 11) is 1.71. The molecule has 1 aromatic carbocycles. The molecule has 0 saturated carbocycles. The number of nitrogens with zero attached hydrogens (tertiary/aromatic N) is 1. The molecule has 0 heterocycles. The zero-order chi connectivity index (χ0) is 14.3. The van der Waals surface area contributed by atoms with Gasteiger partial charge in [0.05, 0.1) is 0 Å². The topological polar surface area (TPSA) is 36.4 Å². The van der Waals surface area contributed by atoms with Crippen molar-refractivity contribution in [3.05, 3.63) is 34.1 Å². The summed E-state index contributed by atoms with van der Waals surface area (Å²) in [6.45, 7) is 5.62. The van der Waals surface area contributed by atoms with E-state index in [2.05, 4.69) is 45.4 Å². The van der Waals surface area contributed by atoms with Crippen LogP contribution in [0.15, 0.2) is 27.7 Å². The second-order valence-electron chi connectivity index (χ2n) is 4.77. The first kappa shape index (κ1) is 19.6. The molecule has 0 aliphatic rings. The summed E-state index contributed by atoms with van der Waals surface area (Å²) in [5.74, 6) is 1.13. The van der Waals surface area contributed by atoms with Crippen LogP contribution in [0.5, 0.6) is 0 Å².